The zero-order valence-corrected chi connectivity index (χ0v) is 13.6. The molecule has 3 rings (SSSR count). The molecule has 0 amide bonds. The molecule has 0 aliphatic carbocycles. The van der Waals surface area contributed by atoms with Crippen LogP contribution >= 0.6 is 0 Å². The average molecular weight is 342 g/mol. The number of carbonyl (C=O) groups excluding carboxylic acids is 1. The second-order valence-electron chi connectivity index (χ2n) is 4.93. The van der Waals surface area contributed by atoms with E-state index in [0.29, 0.717) is 5.69 Å². The van der Waals surface area contributed by atoms with Gasteiger partial charge in [0.2, 0.25) is 9.84 Å². The van der Waals surface area contributed by atoms with E-state index in [1.807, 2.05) is 6.07 Å². The summed E-state index contributed by atoms with van der Waals surface area (Å²) in [6.07, 6.45) is 1.32. The van der Waals surface area contributed by atoms with E-state index in [9.17, 15) is 13.2 Å². The van der Waals surface area contributed by atoms with Gasteiger partial charge < -0.3 is 4.74 Å². The molecule has 0 aliphatic heterocycles. The minimum atomic E-state index is -3.90. The Morgan fingerprint density at radius 3 is 2.17 bits per heavy atom. The summed E-state index contributed by atoms with van der Waals surface area (Å²) in [5.41, 5.74) is 0.391. The zero-order valence-electron chi connectivity index (χ0n) is 12.8. The predicted octanol–water partition coefficient (Wildman–Crippen LogP) is 2.49. The van der Waals surface area contributed by atoms with Crippen LogP contribution in [0.15, 0.2) is 76.7 Å². The van der Waals surface area contributed by atoms with Crippen molar-refractivity contribution in [3.8, 4) is 5.69 Å². The molecule has 0 radical (unpaired) electrons. The molecular formula is C17H14N2O4S. The number of nitrogens with zero attached hydrogens (tertiary/aromatic N) is 2. The Hall–Kier alpha value is -2.93. The number of aromatic nitrogens is 2. The highest BCUT2D eigenvalue weighted by atomic mass is 32.2. The highest BCUT2D eigenvalue weighted by Gasteiger charge is 2.29. The lowest BCUT2D eigenvalue weighted by molar-refractivity contribution is 0.0589. The summed E-state index contributed by atoms with van der Waals surface area (Å²) in [5.74, 6) is -0.806. The summed E-state index contributed by atoms with van der Waals surface area (Å²) in [4.78, 5) is 11.9. The van der Waals surface area contributed by atoms with Crippen LogP contribution in [0, 0.1) is 0 Å². The minimum absolute atomic E-state index is 0.0859. The van der Waals surface area contributed by atoms with E-state index in [4.69, 9.17) is 0 Å². The molecule has 7 heteroatoms. The van der Waals surface area contributed by atoms with Crippen molar-refractivity contribution in [3.05, 3.63) is 72.6 Å². The van der Waals surface area contributed by atoms with E-state index in [0.717, 1.165) is 0 Å². The van der Waals surface area contributed by atoms with Crippen LogP contribution in [0.3, 0.4) is 0 Å². The number of ether oxygens (including phenoxy) is 1. The molecule has 24 heavy (non-hydrogen) atoms. The third kappa shape index (κ3) is 2.81. The smallest absolute Gasteiger partial charge is 0.359 e. The van der Waals surface area contributed by atoms with Crippen molar-refractivity contribution in [1.29, 1.82) is 0 Å². The number of rotatable bonds is 4. The Bertz CT molecular complexity index is 964. The maximum Gasteiger partial charge on any atom is 0.359 e. The first-order valence-corrected chi connectivity index (χ1v) is 8.56. The van der Waals surface area contributed by atoms with Crippen molar-refractivity contribution in [2.45, 2.75) is 9.79 Å². The van der Waals surface area contributed by atoms with Crippen LogP contribution in [-0.2, 0) is 14.6 Å². The predicted molar refractivity (Wildman–Crippen MR) is 86.8 cm³/mol. The molecule has 0 spiro atoms. The summed E-state index contributed by atoms with van der Waals surface area (Å²) in [7, 11) is -2.71. The fourth-order valence-electron chi connectivity index (χ4n) is 2.23. The van der Waals surface area contributed by atoms with Crippen molar-refractivity contribution in [2.24, 2.45) is 0 Å². The van der Waals surface area contributed by atoms with Gasteiger partial charge in [0.1, 0.15) is 4.90 Å². The van der Waals surface area contributed by atoms with Gasteiger partial charge in [0.15, 0.2) is 5.69 Å². The van der Waals surface area contributed by atoms with E-state index in [2.05, 4.69) is 9.84 Å². The SMILES string of the molecule is COC(=O)c1nn(-c2ccccc2)cc1S(=O)(=O)c1ccccc1. The number of carbonyl (C=O) groups is 1. The summed E-state index contributed by atoms with van der Waals surface area (Å²) < 4.78 is 31.7. The first-order chi connectivity index (χ1) is 11.5. The monoisotopic (exact) mass is 342 g/mol. The van der Waals surface area contributed by atoms with Gasteiger partial charge in [0.05, 0.1) is 23.9 Å². The fourth-order valence-corrected chi connectivity index (χ4v) is 3.62. The number of benzene rings is 2. The summed E-state index contributed by atoms with van der Waals surface area (Å²) in [6.45, 7) is 0. The molecule has 0 saturated carbocycles. The molecule has 3 aromatic rings. The van der Waals surface area contributed by atoms with Gasteiger partial charge in [0.25, 0.3) is 0 Å². The zero-order chi connectivity index (χ0) is 17.2. The van der Waals surface area contributed by atoms with Crippen molar-refractivity contribution >= 4 is 15.8 Å². The highest BCUT2D eigenvalue weighted by molar-refractivity contribution is 7.91. The van der Waals surface area contributed by atoms with Gasteiger partial charge in [-0.05, 0) is 24.3 Å². The second kappa shape index (κ2) is 6.29. The van der Waals surface area contributed by atoms with Crippen LogP contribution in [0.5, 0.6) is 0 Å². The Balaban J connectivity index is 2.20. The highest BCUT2D eigenvalue weighted by Crippen LogP contribution is 2.25. The molecule has 1 heterocycles. The molecule has 0 unspecified atom stereocenters. The first-order valence-electron chi connectivity index (χ1n) is 7.07. The minimum Gasteiger partial charge on any atom is -0.464 e. The maximum absolute atomic E-state index is 12.9. The molecule has 0 fully saturated rings. The van der Waals surface area contributed by atoms with Crippen LogP contribution in [0.25, 0.3) is 5.69 Å². The lowest BCUT2D eigenvalue weighted by Crippen LogP contribution is -2.10. The maximum atomic E-state index is 12.9. The molecule has 6 nitrogen and oxygen atoms in total. The largest absolute Gasteiger partial charge is 0.464 e. The normalized spacial score (nSPS) is 11.2. The average Bonchev–Trinajstić information content (AvgIpc) is 3.09. The van der Waals surface area contributed by atoms with E-state index in [-0.39, 0.29) is 15.5 Å². The second-order valence-corrected chi connectivity index (χ2v) is 6.85. The van der Waals surface area contributed by atoms with E-state index < -0.39 is 15.8 Å². The molecule has 1 aromatic heterocycles. The van der Waals surface area contributed by atoms with Crippen LogP contribution in [0.2, 0.25) is 0 Å². The first kappa shape index (κ1) is 15.9. The Labute approximate surface area is 139 Å². The molecule has 0 atom stereocenters. The van der Waals surface area contributed by atoms with Gasteiger partial charge in [-0.15, -0.1) is 0 Å². The number of sulfone groups is 1. The Morgan fingerprint density at radius 1 is 1.00 bits per heavy atom. The van der Waals surface area contributed by atoms with Crippen molar-refractivity contribution in [1.82, 2.24) is 9.78 Å². The van der Waals surface area contributed by atoms with E-state index >= 15 is 0 Å². The Kier molecular flexibility index (Phi) is 4.18. The standard InChI is InChI=1S/C17H14N2O4S/c1-23-17(20)16-15(24(21,22)14-10-6-3-7-11-14)12-19(18-16)13-8-4-2-5-9-13/h2-12H,1H3. The van der Waals surface area contributed by atoms with Crippen LogP contribution in [-0.4, -0.2) is 31.3 Å². The van der Waals surface area contributed by atoms with E-state index in [1.54, 1.807) is 42.5 Å². The van der Waals surface area contributed by atoms with Gasteiger partial charge in [-0.2, -0.15) is 5.10 Å². The molecular weight excluding hydrogens is 328 g/mol. The van der Waals surface area contributed by atoms with Crippen molar-refractivity contribution in [2.75, 3.05) is 7.11 Å². The molecule has 0 aliphatic rings. The van der Waals surface area contributed by atoms with Gasteiger partial charge >= 0.3 is 5.97 Å². The van der Waals surface area contributed by atoms with Crippen LogP contribution in [0.4, 0.5) is 0 Å². The van der Waals surface area contributed by atoms with Crippen molar-refractivity contribution in [3.63, 3.8) is 0 Å². The molecule has 122 valence electrons. The lowest BCUT2D eigenvalue weighted by atomic mass is 10.3. The van der Waals surface area contributed by atoms with Gasteiger partial charge in [-0.1, -0.05) is 36.4 Å². The third-order valence-electron chi connectivity index (χ3n) is 3.42. The lowest BCUT2D eigenvalue weighted by Gasteiger charge is -2.03. The number of para-hydroxylation sites is 1. The van der Waals surface area contributed by atoms with Gasteiger partial charge in [-0.3, -0.25) is 0 Å². The van der Waals surface area contributed by atoms with Gasteiger partial charge in [-0.25, -0.2) is 17.9 Å². The summed E-state index contributed by atoms with van der Waals surface area (Å²) in [6, 6.07) is 16.8. The number of hydrogen-bond donors (Lipinski definition) is 0. The fraction of sp³-hybridized carbons (Fsp3) is 0.0588. The third-order valence-corrected chi connectivity index (χ3v) is 5.19. The number of hydrogen-bond acceptors (Lipinski definition) is 5. The summed E-state index contributed by atoms with van der Waals surface area (Å²) in [5, 5.41) is 4.11. The topological polar surface area (TPSA) is 78.3 Å². The Morgan fingerprint density at radius 2 is 1.58 bits per heavy atom. The quantitative estimate of drug-likeness (QED) is 0.681. The summed E-state index contributed by atoms with van der Waals surface area (Å²) >= 11 is 0. The van der Waals surface area contributed by atoms with Gasteiger partial charge in [0, 0.05) is 0 Å². The molecule has 0 bridgehead atoms. The molecule has 0 N–H and O–H groups in total. The number of esters is 1. The number of methoxy groups -OCH3 is 1. The van der Waals surface area contributed by atoms with Crippen molar-refractivity contribution < 1.29 is 17.9 Å². The van der Waals surface area contributed by atoms with Crippen LogP contribution in [0.1, 0.15) is 10.5 Å². The molecule has 0 saturated heterocycles. The van der Waals surface area contributed by atoms with Crippen LogP contribution < -0.4 is 0 Å². The van der Waals surface area contributed by atoms with E-state index in [1.165, 1.54) is 30.1 Å². The molecule has 2 aromatic carbocycles.